The third-order valence-corrected chi connectivity index (χ3v) is 5.36. The Morgan fingerprint density at radius 2 is 2.12 bits per heavy atom. The predicted molar refractivity (Wildman–Crippen MR) is 99.0 cm³/mol. The lowest BCUT2D eigenvalue weighted by atomic mass is 9.85. The van der Waals surface area contributed by atoms with E-state index in [1.54, 1.807) is 7.11 Å². The van der Waals surface area contributed by atoms with Crippen molar-refractivity contribution < 1.29 is 9.53 Å². The molecular formula is C19H29ClN2O2. The lowest BCUT2D eigenvalue weighted by Crippen LogP contribution is -2.43. The first kappa shape index (κ1) is 19.1. The number of fused-ring (bicyclic) bond motifs is 1. The number of methoxy groups -OCH3 is 1. The Bertz CT molecular complexity index is 550. The van der Waals surface area contributed by atoms with Crippen molar-refractivity contribution in [3.8, 4) is 5.75 Å². The topological polar surface area (TPSA) is 50.4 Å². The first-order chi connectivity index (χ1) is 11.2. The van der Waals surface area contributed by atoms with Crippen molar-refractivity contribution in [2.75, 3.05) is 13.7 Å². The van der Waals surface area contributed by atoms with Crippen molar-refractivity contribution >= 4 is 18.3 Å². The summed E-state index contributed by atoms with van der Waals surface area (Å²) in [6.45, 7) is 2.72. The maximum Gasteiger partial charge on any atom is 0.237 e. The zero-order chi connectivity index (χ0) is 16.2. The van der Waals surface area contributed by atoms with Gasteiger partial charge in [0.05, 0.1) is 13.2 Å². The van der Waals surface area contributed by atoms with Crippen LogP contribution in [0.5, 0.6) is 5.75 Å². The number of benzene rings is 1. The zero-order valence-corrected chi connectivity index (χ0v) is 15.5. The van der Waals surface area contributed by atoms with Crippen LogP contribution in [0.1, 0.15) is 43.2 Å². The largest absolute Gasteiger partial charge is 0.496 e. The second-order valence-electron chi connectivity index (χ2n) is 6.95. The number of aryl methyl sites for hydroxylation is 1. The van der Waals surface area contributed by atoms with Gasteiger partial charge in [-0.3, -0.25) is 4.79 Å². The molecule has 2 N–H and O–H groups in total. The quantitative estimate of drug-likeness (QED) is 0.856. The Morgan fingerprint density at radius 3 is 2.88 bits per heavy atom. The average Bonchev–Trinajstić information content (AvgIpc) is 3.00. The minimum Gasteiger partial charge on any atom is -0.496 e. The number of carbonyl (C=O) groups excluding carboxylic acids is 1. The van der Waals surface area contributed by atoms with E-state index in [1.807, 2.05) is 6.92 Å². The van der Waals surface area contributed by atoms with Gasteiger partial charge in [-0.15, -0.1) is 12.4 Å². The molecule has 24 heavy (non-hydrogen) atoms. The smallest absolute Gasteiger partial charge is 0.237 e. The first-order valence-electron chi connectivity index (χ1n) is 8.84. The monoisotopic (exact) mass is 352 g/mol. The third kappa shape index (κ3) is 4.42. The van der Waals surface area contributed by atoms with E-state index in [0.717, 1.165) is 24.2 Å². The summed E-state index contributed by atoms with van der Waals surface area (Å²) in [5, 5.41) is 6.63. The molecule has 3 atom stereocenters. The molecule has 1 aliphatic carbocycles. The van der Waals surface area contributed by atoms with E-state index in [0.29, 0.717) is 18.5 Å². The number of rotatable bonds is 5. The molecule has 0 bridgehead atoms. The van der Waals surface area contributed by atoms with Gasteiger partial charge in [0.2, 0.25) is 5.91 Å². The highest BCUT2D eigenvalue weighted by molar-refractivity contribution is 5.85. The number of nitrogens with one attached hydrogen (secondary N) is 2. The number of halogens is 1. The van der Waals surface area contributed by atoms with Gasteiger partial charge >= 0.3 is 0 Å². The van der Waals surface area contributed by atoms with Crippen molar-refractivity contribution in [1.29, 1.82) is 0 Å². The van der Waals surface area contributed by atoms with Crippen LogP contribution in [-0.2, 0) is 11.2 Å². The summed E-state index contributed by atoms with van der Waals surface area (Å²) in [7, 11) is 1.69. The molecule has 1 saturated carbocycles. The summed E-state index contributed by atoms with van der Waals surface area (Å²) in [4.78, 5) is 12.4. The maximum atomic E-state index is 12.4. The number of ether oxygens (including phenoxy) is 1. The van der Waals surface area contributed by atoms with Crippen molar-refractivity contribution in [3.63, 3.8) is 0 Å². The third-order valence-electron chi connectivity index (χ3n) is 5.36. The summed E-state index contributed by atoms with van der Waals surface area (Å²) < 4.78 is 5.35. The molecule has 3 unspecified atom stereocenters. The van der Waals surface area contributed by atoms with E-state index < -0.39 is 0 Å². The van der Waals surface area contributed by atoms with Crippen LogP contribution in [-0.4, -0.2) is 31.6 Å². The molecule has 1 aromatic carbocycles. The number of hydrogen-bond acceptors (Lipinski definition) is 3. The number of amides is 1. The van der Waals surface area contributed by atoms with Gasteiger partial charge in [0.15, 0.2) is 0 Å². The Morgan fingerprint density at radius 1 is 1.33 bits per heavy atom. The molecule has 5 heteroatoms. The molecule has 0 aromatic heterocycles. The molecule has 1 saturated heterocycles. The highest BCUT2D eigenvalue weighted by Crippen LogP contribution is 2.33. The molecule has 2 fully saturated rings. The van der Waals surface area contributed by atoms with Crippen LogP contribution < -0.4 is 15.4 Å². The molecule has 1 heterocycles. The molecule has 0 radical (unpaired) electrons. The minimum absolute atomic E-state index is 0. The Kier molecular flexibility index (Phi) is 6.93. The molecule has 134 valence electrons. The van der Waals surface area contributed by atoms with Gasteiger partial charge in [-0.2, -0.15) is 0 Å². The van der Waals surface area contributed by atoms with Crippen molar-refractivity contribution in [1.82, 2.24) is 10.6 Å². The van der Waals surface area contributed by atoms with Crippen LogP contribution in [0.3, 0.4) is 0 Å². The average molecular weight is 353 g/mol. The van der Waals surface area contributed by atoms with Crippen LogP contribution >= 0.6 is 12.4 Å². The molecule has 0 spiro atoms. The number of carbonyl (C=O) groups is 1. The van der Waals surface area contributed by atoms with Gasteiger partial charge in [0, 0.05) is 12.6 Å². The minimum atomic E-state index is 0. The van der Waals surface area contributed by atoms with Crippen LogP contribution in [0.15, 0.2) is 18.2 Å². The standard InChI is InChI=1S/C19H28N2O2.ClH/c1-13-7-8-14(11-18(13)23-2)9-10-20-19(22)17-12-15-5-3-4-6-16(15)21-17;/h7-8,11,15-17,21H,3-6,9-10,12H2,1-2H3,(H,20,22);1H. The summed E-state index contributed by atoms with van der Waals surface area (Å²) in [6.07, 6.45) is 6.99. The van der Waals surface area contributed by atoms with Crippen LogP contribution in [0.4, 0.5) is 0 Å². The summed E-state index contributed by atoms with van der Waals surface area (Å²) in [5.41, 5.74) is 2.33. The summed E-state index contributed by atoms with van der Waals surface area (Å²) in [5.74, 6) is 1.79. The second-order valence-corrected chi connectivity index (χ2v) is 6.95. The molecule has 2 aliphatic rings. The van der Waals surface area contributed by atoms with Gasteiger partial charge in [-0.05, 0) is 55.7 Å². The Hall–Kier alpha value is -1.26. The highest BCUT2D eigenvalue weighted by atomic mass is 35.5. The fourth-order valence-corrected chi connectivity index (χ4v) is 3.99. The fourth-order valence-electron chi connectivity index (χ4n) is 3.99. The van der Waals surface area contributed by atoms with Gasteiger partial charge in [-0.1, -0.05) is 25.0 Å². The summed E-state index contributed by atoms with van der Waals surface area (Å²) in [6, 6.07) is 6.81. The molecule has 1 amide bonds. The summed E-state index contributed by atoms with van der Waals surface area (Å²) >= 11 is 0. The lowest BCUT2D eigenvalue weighted by Gasteiger charge is -2.24. The second kappa shape index (κ2) is 8.72. The van der Waals surface area contributed by atoms with E-state index in [9.17, 15) is 4.79 Å². The molecule has 3 rings (SSSR count). The van der Waals surface area contributed by atoms with Crippen molar-refractivity contribution in [2.45, 2.75) is 57.5 Å². The van der Waals surface area contributed by atoms with Gasteiger partial charge < -0.3 is 15.4 Å². The Balaban J connectivity index is 0.00000208. The molecule has 1 aliphatic heterocycles. The van der Waals surface area contributed by atoms with Crippen molar-refractivity contribution in [2.24, 2.45) is 5.92 Å². The van der Waals surface area contributed by atoms with Gasteiger partial charge in [0.25, 0.3) is 0 Å². The van der Waals surface area contributed by atoms with Crippen molar-refractivity contribution in [3.05, 3.63) is 29.3 Å². The zero-order valence-electron chi connectivity index (χ0n) is 14.6. The van der Waals surface area contributed by atoms with E-state index >= 15 is 0 Å². The SMILES string of the molecule is COc1cc(CCNC(=O)C2CC3CCCCC3N2)ccc1C.Cl. The van der Waals surface area contributed by atoms with Gasteiger partial charge in [0.1, 0.15) is 5.75 Å². The van der Waals surface area contributed by atoms with Crippen LogP contribution in [0.2, 0.25) is 0 Å². The van der Waals surface area contributed by atoms with E-state index in [-0.39, 0.29) is 24.4 Å². The highest BCUT2D eigenvalue weighted by Gasteiger charge is 2.37. The van der Waals surface area contributed by atoms with Crippen LogP contribution in [0, 0.1) is 12.8 Å². The van der Waals surface area contributed by atoms with E-state index in [2.05, 4.69) is 28.8 Å². The van der Waals surface area contributed by atoms with Gasteiger partial charge in [-0.25, -0.2) is 0 Å². The van der Waals surface area contributed by atoms with E-state index in [1.165, 1.54) is 31.2 Å². The molecular weight excluding hydrogens is 324 g/mol. The maximum absolute atomic E-state index is 12.4. The normalized spacial score (nSPS) is 25.5. The Labute approximate surface area is 151 Å². The first-order valence-corrected chi connectivity index (χ1v) is 8.84. The number of hydrogen-bond donors (Lipinski definition) is 2. The van der Waals surface area contributed by atoms with Crippen LogP contribution in [0.25, 0.3) is 0 Å². The fraction of sp³-hybridized carbons (Fsp3) is 0.632. The van der Waals surface area contributed by atoms with E-state index in [4.69, 9.17) is 4.74 Å². The predicted octanol–water partition coefficient (Wildman–Crippen LogP) is 3.00. The molecule has 4 nitrogen and oxygen atoms in total. The lowest BCUT2D eigenvalue weighted by molar-refractivity contribution is -0.122. The molecule has 1 aromatic rings.